The maximum atomic E-state index is 12.5. The Morgan fingerprint density at radius 2 is 1.50 bits per heavy atom. The molecule has 4 aromatic heterocycles. The SMILES string of the molecule is CC(C)(C)OC(=O)N[C@@H](Cc1nc(-c2nc(-c3nc(-c4nc(C#N)cs4)cs3)cs2)cs1)C(=O)OCC#N. The minimum absolute atomic E-state index is 0.0563. The molecule has 0 radical (unpaired) electrons. The molecule has 38 heavy (non-hydrogen) atoms. The van der Waals surface area contributed by atoms with E-state index >= 15 is 0 Å². The van der Waals surface area contributed by atoms with Crippen LogP contribution in [0.4, 0.5) is 4.79 Å². The summed E-state index contributed by atoms with van der Waals surface area (Å²) >= 11 is 5.50. The number of amides is 1. The van der Waals surface area contributed by atoms with Crippen LogP contribution in [0, 0.1) is 22.7 Å². The van der Waals surface area contributed by atoms with Crippen LogP contribution >= 0.6 is 45.3 Å². The molecule has 0 saturated carbocycles. The number of rotatable bonds is 8. The van der Waals surface area contributed by atoms with Gasteiger partial charge in [0, 0.05) is 27.9 Å². The lowest BCUT2D eigenvalue weighted by molar-refractivity contribution is -0.144. The Labute approximate surface area is 233 Å². The van der Waals surface area contributed by atoms with Crippen molar-refractivity contribution in [2.24, 2.45) is 0 Å². The first-order chi connectivity index (χ1) is 18.1. The molecule has 1 amide bonds. The van der Waals surface area contributed by atoms with Gasteiger partial charge in [0.2, 0.25) is 0 Å². The van der Waals surface area contributed by atoms with Crippen molar-refractivity contribution in [1.29, 1.82) is 10.5 Å². The van der Waals surface area contributed by atoms with Crippen LogP contribution < -0.4 is 5.32 Å². The van der Waals surface area contributed by atoms with Crippen molar-refractivity contribution in [3.63, 3.8) is 0 Å². The van der Waals surface area contributed by atoms with Crippen molar-refractivity contribution >= 4 is 57.4 Å². The second-order valence-corrected chi connectivity index (χ2v) is 12.0. The zero-order valence-corrected chi connectivity index (χ0v) is 23.5. The lowest BCUT2D eigenvalue weighted by atomic mass is 10.2. The van der Waals surface area contributed by atoms with Gasteiger partial charge in [-0.1, -0.05) is 0 Å². The number of hydrogen-bond donors (Lipinski definition) is 1. The number of hydrogen-bond acceptors (Lipinski definition) is 14. The Morgan fingerprint density at radius 1 is 0.921 bits per heavy atom. The number of carbonyl (C=O) groups is 2. The van der Waals surface area contributed by atoms with E-state index in [1.54, 1.807) is 32.2 Å². The van der Waals surface area contributed by atoms with Crippen LogP contribution in [0.25, 0.3) is 32.1 Å². The van der Waals surface area contributed by atoms with Crippen molar-refractivity contribution in [2.75, 3.05) is 6.61 Å². The number of nitriles is 2. The molecule has 0 aliphatic rings. The smallest absolute Gasteiger partial charge is 0.408 e. The van der Waals surface area contributed by atoms with Crippen molar-refractivity contribution in [3.05, 3.63) is 32.2 Å². The molecule has 11 nitrogen and oxygen atoms in total. The van der Waals surface area contributed by atoms with Gasteiger partial charge in [0.25, 0.3) is 0 Å². The van der Waals surface area contributed by atoms with Crippen LogP contribution in [0.5, 0.6) is 0 Å². The highest BCUT2D eigenvalue weighted by molar-refractivity contribution is 7.16. The van der Waals surface area contributed by atoms with Gasteiger partial charge in [0.1, 0.15) is 55.9 Å². The molecule has 0 aliphatic carbocycles. The van der Waals surface area contributed by atoms with Crippen LogP contribution in [-0.2, 0) is 20.7 Å². The van der Waals surface area contributed by atoms with Gasteiger partial charge in [0.15, 0.2) is 12.3 Å². The second-order valence-electron chi connectivity index (χ2n) is 8.52. The molecule has 4 rings (SSSR count). The highest BCUT2D eigenvalue weighted by atomic mass is 32.1. The van der Waals surface area contributed by atoms with Gasteiger partial charge in [-0.15, -0.1) is 45.3 Å². The number of esters is 1. The maximum absolute atomic E-state index is 12.5. The third kappa shape index (κ3) is 6.96. The summed E-state index contributed by atoms with van der Waals surface area (Å²) in [6.07, 6.45) is -0.719. The highest BCUT2D eigenvalue weighted by Crippen LogP contribution is 2.34. The molecule has 4 aromatic rings. The normalized spacial score (nSPS) is 11.8. The molecule has 15 heteroatoms. The van der Waals surface area contributed by atoms with Gasteiger partial charge < -0.3 is 14.8 Å². The summed E-state index contributed by atoms with van der Waals surface area (Å²) < 4.78 is 10.2. The molecule has 194 valence electrons. The van der Waals surface area contributed by atoms with E-state index in [1.165, 1.54) is 45.3 Å². The van der Waals surface area contributed by atoms with Crippen LogP contribution in [0.1, 0.15) is 31.5 Å². The summed E-state index contributed by atoms with van der Waals surface area (Å²) in [7, 11) is 0. The Morgan fingerprint density at radius 3 is 2.08 bits per heavy atom. The standard InChI is InChI=1S/C23H19N7O4S4/c1-23(2,3)34-22(32)30-13(21(31)33-5-4-24)6-17-27-14(9-35-17)19-29-16(11-37-19)20-28-15(10-38-20)18-26-12(7-25)8-36-18/h8-11,13H,5-6H2,1-3H3,(H,30,32)/t13-/m0/s1. The average Bonchev–Trinajstić information content (AvgIpc) is 3.65. The molecular formula is C23H19N7O4S4. The number of aromatic nitrogens is 4. The monoisotopic (exact) mass is 585 g/mol. The Kier molecular flexibility index (Phi) is 8.43. The molecule has 4 heterocycles. The number of ether oxygens (including phenoxy) is 2. The number of alkyl carbamates (subject to hydrolysis) is 1. The molecule has 1 N–H and O–H groups in total. The number of nitrogens with zero attached hydrogens (tertiary/aromatic N) is 6. The van der Waals surface area contributed by atoms with Crippen molar-refractivity contribution in [1.82, 2.24) is 25.3 Å². The molecule has 0 fully saturated rings. The predicted octanol–water partition coefficient (Wildman–Crippen LogP) is 4.89. The average molecular weight is 586 g/mol. The highest BCUT2D eigenvalue weighted by Gasteiger charge is 2.27. The Balaban J connectivity index is 1.47. The molecule has 1 atom stereocenters. The van der Waals surface area contributed by atoms with Gasteiger partial charge in [-0.3, -0.25) is 0 Å². The zero-order chi connectivity index (χ0) is 27.3. The fourth-order valence-corrected chi connectivity index (χ4v) is 6.23. The first-order valence-electron chi connectivity index (χ1n) is 10.9. The second kappa shape index (κ2) is 11.7. The summed E-state index contributed by atoms with van der Waals surface area (Å²) in [5.74, 6) is -0.757. The van der Waals surface area contributed by atoms with E-state index in [0.29, 0.717) is 42.8 Å². The first-order valence-corrected chi connectivity index (χ1v) is 14.4. The number of carbonyl (C=O) groups excluding carboxylic acids is 2. The molecule has 0 bridgehead atoms. The van der Waals surface area contributed by atoms with Crippen LogP contribution in [0.2, 0.25) is 0 Å². The minimum atomic E-state index is -1.08. The third-order valence-corrected chi connectivity index (χ3v) is 7.93. The minimum Gasteiger partial charge on any atom is -0.449 e. The van der Waals surface area contributed by atoms with Gasteiger partial charge in [0.05, 0.1) is 5.01 Å². The quantitative estimate of drug-likeness (QED) is 0.282. The van der Waals surface area contributed by atoms with Crippen LogP contribution in [-0.4, -0.2) is 50.2 Å². The maximum Gasteiger partial charge on any atom is 0.408 e. The van der Waals surface area contributed by atoms with Crippen molar-refractivity contribution in [2.45, 2.75) is 38.8 Å². The summed E-state index contributed by atoms with van der Waals surface area (Å²) in [5.41, 5.74) is 1.61. The van der Waals surface area contributed by atoms with Crippen LogP contribution in [0.15, 0.2) is 21.5 Å². The van der Waals surface area contributed by atoms with Crippen LogP contribution in [0.3, 0.4) is 0 Å². The number of thiazole rings is 4. The van der Waals surface area contributed by atoms with Gasteiger partial charge in [-0.05, 0) is 20.8 Å². The molecule has 0 aromatic carbocycles. The van der Waals surface area contributed by atoms with E-state index in [1.807, 2.05) is 22.2 Å². The topological polar surface area (TPSA) is 164 Å². The number of nitrogens with one attached hydrogen (secondary N) is 1. The van der Waals surface area contributed by atoms with Gasteiger partial charge in [-0.25, -0.2) is 29.5 Å². The van der Waals surface area contributed by atoms with E-state index in [9.17, 15) is 9.59 Å². The molecule has 0 spiro atoms. The summed E-state index contributed by atoms with van der Waals surface area (Å²) in [6, 6.07) is 2.68. The van der Waals surface area contributed by atoms with Gasteiger partial charge in [-0.2, -0.15) is 10.5 Å². The predicted molar refractivity (Wildman–Crippen MR) is 144 cm³/mol. The van der Waals surface area contributed by atoms with Crippen molar-refractivity contribution in [3.8, 4) is 44.2 Å². The fraction of sp³-hybridized carbons (Fsp3) is 0.304. The largest absolute Gasteiger partial charge is 0.449 e. The van der Waals surface area contributed by atoms with E-state index < -0.39 is 30.3 Å². The van der Waals surface area contributed by atoms with E-state index in [2.05, 4.69) is 25.3 Å². The third-order valence-electron chi connectivity index (χ3n) is 4.47. The molecule has 0 aliphatic heterocycles. The van der Waals surface area contributed by atoms with E-state index in [-0.39, 0.29) is 6.42 Å². The summed E-state index contributed by atoms with van der Waals surface area (Å²) in [5, 5.41) is 30.1. The Hall–Kier alpha value is -3.76. The molecule has 0 unspecified atom stereocenters. The lowest BCUT2D eigenvalue weighted by Gasteiger charge is -2.22. The van der Waals surface area contributed by atoms with Gasteiger partial charge >= 0.3 is 12.1 Å². The lowest BCUT2D eigenvalue weighted by Crippen LogP contribution is -2.45. The van der Waals surface area contributed by atoms with E-state index in [0.717, 1.165) is 0 Å². The summed E-state index contributed by atoms with van der Waals surface area (Å²) in [6.45, 7) is 4.69. The zero-order valence-electron chi connectivity index (χ0n) is 20.3. The first kappa shape index (κ1) is 27.3. The Bertz CT molecular complexity index is 1530. The molecular weight excluding hydrogens is 567 g/mol. The van der Waals surface area contributed by atoms with E-state index in [4.69, 9.17) is 20.0 Å². The fourth-order valence-electron chi connectivity index (χ4n) is 2.95. The summed E-state index contributed by atoms with van der Waals surface area (Å²) in [4.78, 5) is 42.8. The molecule has 0 saturated heterocycles. The van der Waals surface area contributed by atoms with Crippen molar-refractivity contribution < 1.29 is 19.1 Å².